The largest absolute Gasteiger partial charge is 0.398 e. The van der Waals surface area contributed by atoms with Crippen molar-refractivity contribution in [1.29, 1.82) is 0 Å². The first-order valence-corrected chi connectivity index (χ1v) is 9.83. The molecule has 0 spiro atoms. The molecule has 0 amide bonds. The third-order valence-electron chi connectivity index (χ3n) is 5.82. The molecule has 148 valence electrons. The summed E-state index contributed by atoms with van der Waals surface area (Å²) in [6, 6.07) is 21.0. The van der Waals surface area contributed by atoms with Crippen LogP contribution in [0.4, 0.5) is 22.7 Å². The molecule has 2 aliphatic rings. The van der Waals surface area contributed by atoms with Gasteiger partial charge in [-0.2, -0.15) is 0 Å². The van der Waals surface area contributed by atoms with Crippen molar-refractivity contribution in [2.45, 2.75) is 18.9 Å². The third kappa shape index (κ3) is 2.76. The van der Waals surface area contributed by atoms with Gasteiger partial charge in [0.05, 0.1) is 33.7 Å². The van der Waals surface area contributed by atoms with Crippen molar-refractivity contribution in [3.63, 3.8) is 0 Å². The number of anilines is 2. The predicted octanol–water partition coefficient (Wildman–Crippen LogP) is 5.32. The van der Waals surface area contributed by atoms with Crippen LogP contribution in [0.25, 0.3) is 0 Å². The van der Waals surface area contributed by atoms with Gasteiger partial charge in [-0.3, -0.25) is 10.1 Å². The van der Waals surface area contributed by atoms with E-state index in [1.807, 2.05) is 30.3 Å². The Morgan fingerprint density at radius 1 is 1.10 bits per heavy atom. The summed E-state index contributed by atoms with van der Waals surface area (Å²) in [5.41, 5.74) is 12.8. The summed E-state index contributed by atoms with van der Waals surface area (Å²) in [6.45, 7) is 4.36. The van der Waals surface area contributed by atoms with Gasteiger partial charge in [-0.25, -0.2) is 4.99 Å². The highest BCUT2D eigenvalue weighted by atomic mass is 16.6. The Morgan fingerprint density at radius 2 is 1.90 bits per heavy atom. The Morgan fingerprint density at radius 3 is 2.67 bits per heavy atom. The molecule has 2 aliphatic heterocycles. The zero-order valence-corrected chi connectivity index (χ0v) is 16.3. The number of rotatable bonds is 3. The van der Waals surface area contributed by atoms with Gasteiger partial charge >= 0.3 is 0 Å². The van der Waals surface area contributed by atoms with Crippen molar-refractivity contribution < 1.29 is 4.92 Å². The normalized spacial score (nSPS) is 17.3. The summed E-state index contributed by atoms with van der Waals surface area (Å²) in [4.78, 5) is 18.0. The zero-order valence-electron chi connectivity index (χ0n) is 16.3. The molecule has 0 fully saturated rings. The van der Waals surface area contributed by atoms with Gasteiger partial charge in [0, 0.05) is 23.4 Å². The van der Waals surface area contributed by atoms with Gasteiger partial charge in [-0.15, -0.1) is 0 Å². The first-order valence-electron chi connectivity index (χ1n) is 9.83. The minimum Gasteiger partial charge on any atom is -0.398 e. The average Bonchev–Trinajstić information content (AvgIpc) is 2.77. The average molecular weight is 396 g/mol. The van der Waals surface area contributed by atoms with E-state index in [2.05, 4.69) is 29.7 Å². The van der Waals surface area contributed by atoms with Gasteiger partial charge in [0.25, 0.3) is 5.69 Å². The van der Waals surface area contributed by atoms with E-state index in [0.717, 1.165) is 24.2 Å². The molecule has 3 aromatic rings. The summed E-state index contributed by atoms with van der Waals surface area (Å²) in [5, 5.41) is 11.3. The van der Waals surface area contributed by atoms with Crippen molar-refractivity contribution in [1.82, 2.24) is 0 Å². The molecule has 0 bridgehead atoms. The molecule has 0 radical (unpaired) electrons. The second-order valence-electron chi connectivity index (χ2n) is 7.56. The molecule has 5 rings (SSSR count). The molecule has 6 heteroatoms. The number of nitrogens with two attached hydrogens (primary N) is 1. The Bertz CT molecular complexity index is 1220. The maximum Gasteiger partial charge on any atom is 0.270 e. The highest BCUT2D eigenvalue weighted by Crippen LogP contribution is 2.49. The van der Waals surface area contributed by atoms with Crippen molar-refractivity contribution in [3.8, 4) is 0 Å². The Hall–Kier alpha value is -3.93. The number of para-hydroxylation sites is 1. The van der Waals surface area contributed by atoms with Crippen molar-refractivity contribution >= 4 is 28.5 Å². The van der Waals surface area contributed by atoms with E-state index in [1.54, 1.807) is 6.07 Å². The molecular weight excluding hydrogens is 376 g/mol. The molecule has 2 N–H and O–H groups in total. The minimum atomic E-state index is -0.422. The van der Waals surface area contributed by atoms with Crippen LogP contribution in [0, 0.1) is 10.1 Å². The van der Waals surface area contributed by atoms with Gasteiger partial charge in [-0.05, 0) is 36.1 Å². The van der Waals surface area contributed by atoms with Crippen LogP contribution in [0.1, 0.15) is 29.2 Å². The summed E-state index contributed by atoms with van der Waals surface area (Å²) in [5.74, 6) is 0. The minimum absolute atomic E-state index is 0.0208. The molecule has 0 aliphatic carbocycles. The number of benzene rings is 3. The molecule has 1 atom stereocenters. The number of allylic oxidation sites excluding steroid dienone is 1. The molecule has 0 aromatic heterocycles. The number of nitro groups is 1. The number of aryl methyl sites for hydroxylation is 1. The van der Waals surface area contributed by atoms with Crippen LogP contribution in [-0.2, 0) is 6.42 Å². The number of nitrogen functional groups attached to an aromatic ring is 1. The second kappa shape index (κ2) is 6.84. The fourth-order valence-corrected chi connectivity index (χ4v) is 4.42. The fraction of sp³-hybridized carbons (Fsp3) is 0.125. The summed E-state index contributed by atoms with van der Waals surface area (Å²) in [7, 11) is 0. The van der Waals surface area contributed by atoms with E-state index in [4.69, 9.17) is 10.7 Å². The number of aliphatic imine (C=N–C) groups is 1. The fourth-order valence-electron chi connectivity index (χ4n) is 4.42. The van der Waals surface area contributed by atoms with Crippen LogP contribution < -0.4 is 10.6 Å². The standard InChI is InChI=1S/C24H20N4O2/c1-15-23(19-14-18(28(29)30)11-12-20(19)25)26-21-9-5-8-17-10-13-22(27(15)24(17)21)16-6-3-2-4-7-16/h2-9,11-12,14,22H,1,10,13,25H2. The molecule has 0 saturated heterocycles. The molecular formula is C24H20N4O2. The van der Waals surface area contributed by atoms with Crippen LogP contribution >= 0.6 is 0 Å². The Balaban J connectivity index is 1.71. The lowest BCUT2D eigenvalue weighted by Gasteiger charge is -2.43. The summed E-state index contributed by atoms with van der Waals surface area (Å²) < 4.78 is 0. The van der Waals surface area contributed by atoms with E-state index >= 15 is 0 Å². The highest BCUT2D eigenvalue weighted by Gasteiger charge is 2.36. The predicted molar refractivity (Wildman–Crippen MR) is 119 cm³/mol. The Labute approximate surface area is 174 Å². The summed E-state index contributed by atoms with van der Waals surface area (Å²) >= 11 is 0. The SMILES string of the molecule is C=C1C(c2cc([N+](=O)[O-])ccc2N)=Nc2cccc3c2N1C(c1ccccc1)CC3. The molecule has 0 saturated carbocycles. The number of hydrogen-bond acceptors (Lipinski definition) is 5. The van der Waals surface area contributed by atoms with E-state index < -0.39 is 4.92 Å². The van der Waals surface area contributed by atoms with E-state index in [-0.39, 0.29) is 11.7 Å². The monoisotopic (exact) mass is 396 g/mol. The van der Waals surface area contributed by atoms with Crippen LogP contribution in [-0.4, -0.2) is 10.6 Å². The highest BCUT2D eigenvalue weighted by molar-refractivity contribution is 6.20. The van der Waals surface area contributed by atoms with E-state index in [9.17, 15) is 10.1 Å². The van der Waals surface area contributed by atoms with Crippen molar-refractivity contribution in [2.75, 3.05) is 10.6 Å². The van der Waals surface area contributed by atoms with Crippen LogP contribution in [0.2, 0.25) is 0 Å². The maximum atomic E-state index is 11.3. The molecule has 1 unspecified atom stereocenters. The number of hydrogen-bond donors (Lipinski definition) is 1. The smallest absolute Gasteiger partial charge is 0.270 e. The van der Waals surface area contributed by atoms with Crippen molar-refractivity contribution in [3.05, 3.63) is 106 Å². The first-order chi connectivity index (χ1) is 14.5. The topological polar surface area (TPSA) is 84.8 Å². The van der Waals surface area contributed by atoms with Gasteiger partial charge in [0.1, 0.15) is 0 Å². The molecule has 2 heterocycles. The van der Waals surface area contributed by atoms with Crippen LogP contribution in [0.5, 0.6) is 0 Å². The maximum absolute atomic E-state index is 11.3. The van der Waals surface area contributed by atoms with Gasteiger partial charge in [0.15, 0.2) is 0 Å². The zero-order chi connectivity index (χ0) is 20.8. The molecule has 30 heavy (non-hydrogen) atoms. The lowest BCUT2D eigenvalue weighted by atomic mass is 9.87. The lowest BCUT2D eigenvalue weighted by molar-refractivity contribution is -0.384. The quantitative estimate of drug-likeness (QED) is 0.369. The third-order valence-corrected chi connectivity index (χ3v) is 5.82. The van der Waals surface area contributed by atoms with Crippen LogP contribution in [0.15, 0.2) is 84.0 Å². The first kappa shape index (κ1) is 18.1. The molecule has 6 nitrogen and oxygen atoms in total. The van der Waals surface area contributed by atoms with Gasteiger partial charge in [-0.1, -0.05) is 49.0 Å². The number of non-ortho nitro benzene ring substituents is 1. The molecule has 3 aromatic carbocycles. The van der Waals surface area contributed by atoms with E-state index in [1.165, 1.54) is 23.3 Å². The second-order valence-corrected chi connectivity index (χ2v) is 7.56. The number of nitro benzene ring substituents is 1. The van der Waals surface area contributed by atoms with Crippen molar-refractivity contribution in [2.24, 2.45) is 4.99 Å². The van der Waals surface area contributed by atoms with E-state index in [0.29, 0.717) is 22.7 Å². The summed E-state index contributed by atoms with van der Waals surface area (Å²) in [6.07, 6.45) is 1.90. The van der Waals surface area contributed by atoms with Gasteiger partial charge < -0.3 is 10.6 Å². The lowest BCUT2D eigenvalue weighted by Crippen LogP contribution is -2.37. The van der Waals surface area contributed by atoms with Gasteiger partial charge in [0.2, 0.25) is 0 Å². The van der Waals surface area contributed by atoms with Crippen LogP contribution in [0.3, 0.4) is 0 Å². The Kier molecular flexibility index (Phi) is 4.13. The number of nitrogens with zero attached hydrogens (tertiary/aromatic N) is 3.